The number of alkyl halides is 2. The Morgan fingerprint density at radius 1 is 1.36 bits per heavy atom. The van der Waals surface area contributed by atoms with Crippen LogP contribution in [0.4, 0.5) is 8.78 Å². The average Bonchev–Trinajstić information content (AvgIpc) is 2.09. The fourth-order valence-corrected chi connectivity index (χ4v) is 0.899. The molecular weight excluding hydrogens is 188 g/mol. The second-order valence-corrected chi connectivity index (χ2v) is 3.87. The Bertz CT molecular complexity index is 140. The van der Waals surface area contributed by atoms with Crippen LogP contribution < -0.4 is 5.32 Å². The summed E-state index contributed by atoms with van der Waals surface area (Å²) in [6, 6.07) is 0. The van der Waals surface area contributed by atoms with Gasteiger partial charge in [-0.25, -0.2) is 8.78 Å². The zero-order valence-corrected chi connectivity index (χ0v) is 9.28. The number of halogens is 2. The lowest BCUT2D eigenvalue weighted by molar-refractivity contribution is -0.0757. The minimum Gasteiger partial charge on any atom is -0.375 e. The quantitative estimate of drug-likeness (QED) is 0.619. The molecule has 0 amide bonds. The molecule has 14 heavy (non-hydrogen) atoms. The summed E-state index contributed by atoms with van der Waals surface area (Å²) in [7, 11) is 0. The summed E-state index contributed by atoms with van der Waals surface area (Å²) in [5.74, 6) is -2.25. The van der Waals surface area contributed by atoms with Crippen LogP contribution in [0, 0.1) is 5.92 Å². The largest absolute Gasteiger partial charge is 0.375 e. The van der Waals surface area contributed by atoms with E-state index < -0.39 is 12.5 Å². The lowest BCUT2D eigenvalue weighted by Crippen LogP contribution is -2.36. The van der Waals surface area contributed by atoms with Crippen LogP contribution in [0.2, 0.25) is 0 Å². The zero-order chi connectivity index (χ0) is 11.0. The molecule has 0 saturated heterocycles. The van der Waals surface area contributed by atoms with Crippen molar-refractivity contribution in [1.29, 1.82) is 0 Å². The van der Waals surface area contributed by atoms with Crippen molar-refractivity contribution in [2.45, 2.75) is 33.1 Å². The van der Waals surface area contributed by atoms with Crippen LogP contribution in [-0.2, 0) is 4.74 Å². The van der Waals surface area contributed by atoms with Gasteiger partial charge in [-0.1, -0.05) is 20.8 Å². The molecule has 0 fully saturated rings. The van der Waals surface area contributed by atoms with Gasteiger partial charge in [0.05, 0.1) is 6.54 Å². The minimum atomic E-state index is -2.74. The summed E-state index contributed by atoms with van der Waals surface area (Å²) in [5.41, 5.74) is 0. The Kier molecular flexibility index (Phi) is 7.01. The number of ether oxygens (including phenoxy) is 1. The van der Waals surface area contributed by atoms with E-state index in [-0.39, 0.29) is 6.54 Å². The van der Waals surface area contributed by atoms with E-state index in [1.54, 1.807) is 6.92 Å². The van der Waals surface area contributed by atoms with Crippen LogP contribution in [0.5, 0.6) is 0 Å². The monoisotopic (exact) mass is 209 g/mol. The highest BCUT2D eigenvalue weighted by Crippen LogP contribution is 2.12. The first-order valence-corrected chi connectivity index (χ1v) is 5.14. The molecule has 0 heterocycles. The highest BCUT2D eigenvalue weighted by atomic mass is 19.3. The molecule has 0 atom stereocenters. The fraction of sp³-hybridized carbons (Fsp3) is 1.00. The lowest BCUT2D eigenvalue weighted by Gasteiger charge is -2.16. The average molecular weight is 209 g/mol. The molecule has 0 saturated carbocycles. The molecule has 0 aromatic heterocycles. The molecular formula is C10H21F2NO. The van der Waals surface area contributed by atoms with E-state index in [4.69, 9.17) is 4.74 Å². The van der Waals surface area contributed by atoms with Crippen molar-refractivity contribution in [2.75, 3.05) is 26.3 Å². The fourth-order valence-electron chi connectivity index (χ4n) is 0.899. The van der Waals surface area contributed by atoms with Gasteiger partial charge in [0.1, 0.15) is 6.61 Å². The van der Waals surface area contributed by atoms with E-state index in [2.05, 4.69) is 5.32 Å². The molecule has 0 aromatic carbocycles. The lowest BCUT2D eigenvalue weighted by atomic mass is 10.1. The van der Waals surface area contributed by atoms with Gasteiger partial charge < -0.3 is 10.1 Å². The molecule has 0 aliphatic rings. The van der Waals surface area contributed by atoms with Crippen LogP contribution in [0.25, 0.3) is 0 Å². The van der Waals surface area contributed by atoms with Gasteiger partial charge in [0.15, 0.2) is 0 Å². The highest BCUT2D eigenvalue weighted by molar-refractivity contribution is 4.67. The molecule has 86 valence electrons. The van der Waals surface area contributed by atoms with Crippen molar-refractivity contribution in [1.82, 2.24) is 5.32 Å². The Morgan fingerprint density at radius 2 is 2.00 bits per heavy atom. The van der Waals surface area contributed by atoms with Crippen LogP contribution >= 0.6 is 0 Å². The molecule has 0 spiro atoms. The van der Waals surface area contributed by atoms with Crippen LogP contribution in [0.1, 0.15) is 27.2 Å². The van der Waals surface area contributed by atoms with Crippen molar-refractivity contribution >= 4 is 0 Å². The molecule has 0 bridgehead atoms. The van der Waals surface area contributed by atoms with Gasteiger partial charge in [0.25, 0.3) is 5.92 Å². The van der Waals surface area contributed by atoms with E-state index in [0.29, 0.717) is 19.1 Å². The second kappa shape index (κ2) is 7.12. The molecule has 0 aliphatic heterocycles. The Balaban J connectivity index is 3.44. The first-order valence-electron chi connectivity index (χ1n) is 5.14. The molecule has 0 rings (SSSR count). The van der Waals surface area contributed by atoms with Gasteiger partial charge in [0.2, 0.25) is 0 Å². The summed E-state index contributed by atoms with van der Waals surface area (Å²) >= 11 is 0. The van der Waals surface area contributed by atoms with Crippen LogP contribution in [-0.4, -0.2) is 32.2 Å². The highest BCUT2D eigenvalue weighted by Gasteiger charge is 2.28. The van der Waals surface area contributed by atoms with E-state index in [1.807, 2.05) is 13.8 Å². The van der Waals surface area contributed by atoms with Crippen molar-refractivity contribution in [3.8, 4) is 0 Å². The van der Waals surface area contributed by atoms with Gasteiger partial charge in [-0.05, 0) is 18.9 Å². The molecule has 0 unspecified atom stereocenters. The maximum Gasteiger partial charge on any atom is 0.283 e. The molecule has 0 aromatic rings. The van der Waals surface area contributed by atoms with Crippen LogP contribution in [0.15, 0.2) is 0 Å². The maximum absolute atomic E-state index is 12.9. The first-order chi connectivity index (χ1) is 6.48. The summed E-state index contributed by atoms with van der Waals surface area (Å²) in [6.45, 7) is 6.08. The Hall–Kier alpha value is -0.220. The second-order valence-electron chi connectivity index (χ2n) is 3.87. The van der Waals surface area contributed by atoms with Gasteiger partial charge in [0, 0.05) is 6.61 Å². The summed E-state index contributed by atoms with van der Waals surface area (Å²) in [5, 5.41) is 2.61. The normalized spacial score (nSPS) is 12.4. The number of nitrogens with one attached hydrogen (secondary N) is 1. The number of hydrogen-bond acceptors (Lipinski definition) is 2. The molecule has 2 nitrogen and oxygen atoms in total. The van der Waals surface area contributed by atoms with Crippen molar-refractivity contribution in [2.24, 2.45) is 5.92 Å². The summed E-state index contributed by atoms with van der Waals surface area (Å²) < 4.78 is 30.8. The molecule has 1 N–H and O–H groups in total. The smallest absolute Gasteiger partial charge is 0.283 e. The van der Waals surface area contributed by atoms with Gasteiger partial charge >= 0.3 is 0 Å². The molecule has 0 radical (unpaired) electrons. The third kappa shape index (κ3) is 8.38. The molecule has 0 aliphatic carbocycles. The SMILES string of the molecule is CCNCC(F)(F)COCCC(C)C. The third-order valence-corrected chi connectivity index (χ3v) is 1.79. The van der Waals surface area contributed by atoms with E-state index in [9.17, 15) is 8.78 Å². The summed E-state index contributed by atoms with van der Waals surface area (Å²) in [4.78, 5) is 0. The molecule has 4 heteroatoms. The van der Waals surface area contributed by atoms with E-state index >= 15 is 0 Å². The van der Waals surface area contributed by atoms with E-state index in [1.165, 1.54) is 0 Å². The van der Waals surface area contributed by atoms with Gasteiger partial charge in [-0.15, -0.1) is 0 Å². The Labute approximate surface area is 85.0 Å². The van der Waals surface area contributed by atoms with Gasteiger partial charge in [-0.2, -0.15) is 0 Å². The summed E-state index contributed by atoms with van der Waals surface area (Å²) in [6.07, 6.45) is 0.831. The zero-order valence-electron chi connectivity index (χ0n) is 9.28. The van der Waals surface area contributed by atoms with Gasteiger partial charge in [-0.3, -0.25) is 0 Å². The van der Waals surface area contributed by atoms with Crippen molar-refractivity contribution < 1.29 is 13.5 Å². The standard InChI is InChI=1S/C10H21F2NO/c1-4-13-7-10(11,12)8-14-6-5-9(2)3/h9,13H,4-8H2,1-3H3. The number of rotatable bonds is 8. The predicted molar refractivity (Wildman–Crippen MR) is 53.8 cm³/mol. The van der Waals surface area contributed by atoms with Crippen LogP contribution in [0.3, 0.4) is 0 Å². The maximum atomic E-state index is 12.9. The minimum absolute atomic E-state index is 0.300. The van der Waals surface area contributed by atoms with E-state index in [0.717, 1.165) is 6.42 Å². The van der Waals surface area contributed by atoms with Crippen molar-refractivity contribution in [3.63, 3.8) is 0 Å². The first kappa shape index (κ1) is 13.8. The topological polar surface area (TPSA) is 21.3 Å². The Morgan fingerprint density at radius 3 is 2.50 bits per heavy atom. The predicted octanol–water partition coefficient (Wildman–Crippen LogP) is 2.29. The third-order valence-electron chi connectivity index (χ3n) is 1.79. The van der Waals surface area contributed by atoms with Crippen molar-refractivity contribution in [3.05, 3.63) is 0 Å². The number of hydrogen-bond donors (Lipinski definition) is 1.